The Balaban J connectivity index is 2.24. The molecule has 0 spiro atoms. The molecule has 0 aliphatic carbocycles. The first kappa shape index (κ1) is 12.1. The zero-order chi connectivity index (χ0) is 12.0. The number of hydrogen-bond acceptors (Lipinski definition) is 3. The van der Waals surface area contributed by atoms with Crippen LogP contribution < -0.4 is 4.90 Å². The third-order valence-electron chi connectivity index (χ3n) is 3.98. The first-order valence-electron chi connectivity index (χ1n) is 5.71. The lowest BCUT2D eigenvalue weighted by Gasteiger charge is -2.51. The lowest BCUT2D eigenvalue weighted by atomic mass is 9.95. The van der Waals surface area contributed by atoms with Gasteiger partial charge in [0.1, 0.15) is 29.1 Å². The molecular weight excluding hydrogens is 226 g/mol. The first-order valence-corrected chi connectivity index (χ1v) is 7.26. The summed E-state index contributed by atoms with van der Waals surface area (Å²) in [6.07, 6.45) is 1.59. The van der Waals surface area contributed by atoms with Gasteiger partial charge in [-0.3, -0.25) is 0 Å². The molecule has 92 valence electrons. The Morgan fingerprint density at radius 1 is 1.38 bits per heavy atom. The quantitative estimate of drug-likeness (QED) is 0.638. The molecular formula is C11H20NO3S+. The van der Waals surface area contributed by atoms with Crippen molar-refractivity contribution in [2.24, 2.45) is 0 Å². The molecule has 0 aromatic heterocycles. The van der Waals surface area contributed by atoms with Gasteiger partial charge >= 0.3 is 0 Å². The molecule has 2 heterocycles. The van der Waals surface area contributed by atoms with Crippen molar-refractivity contribution in [3.8, 4) is 0 Å². The van der Waals surface area contributed by atoms with E-state index >= 15 is 0 Å². The Bertz CT molecular complexity index is 382. The number of ether oxygens (including phenoxy) is 1. The van der Waals surface area contributed by atoms with Gasteiger partial charge < -0.3 is 9.64 Å². The van der Waals surface area contributed by atoms with Crippen LogP contribution in [0.4, 0.5) is 0 Å². The van der Waals surface area contributed by atoms with Crippen molar-refractivity contribution in [3.05, 3.63) is 12.7 Å². The van der Waals surface area contributed by atoms with Crippen LogP contribution in [-0.2, 0) is 14.6 Å². The lowest BCUT2D eigenvalue weighted by Crippen LogP contribution is -3.23. The molecule has 0 aromatic carbocycles. The Labute approximate surface area is 97.2 Å². The van der Waals surface area contributed by atoms with E-state index in [9.17, 15) is 8.42 Å². The number of quaternary nitrogens is 1. The van der Waals surface area contributed by atoms with Gasteiger partial charge in [0.25, 0.3) is 0 Å². The summed E-state index contributed by atoms with van der Waals surface area (Å²) in [6.45, 7) is 10.6. The summed E-state index contributed by atoms with van der Waals surface area (Å²) < 4.78 is 28.8. The van der Waals surface area contributed by atoms with Crippen LogP contribution in [0.5, 0.6) is 0 Å². The fourth-order valence-electron chi connectivity index (χ4n) is 2.96. The minimum absolute atomic E-state index is 0.138. The second kappa shape index (κ2) is 3.82. The number of rotatable bonds is 2. The van der Waals surface area contributed by atoms with Gasteiger partial charge in [-0.25, -0.2) is 8.42 Å². The number of sulfone groups is 1. The number of hydrogen-bond donors (Lipinski definition) is 1. The molecule has 0 bridgehead atoms. The molecule has 2 rings (SSSR count). The highest BCUT2D eigenvalue weighted by Crippen LogP contribution is 2.39. The number of nitrogens with one attached hydrogen (secondary N) is 1. The van der Waals surface area contributed by atoms with E-state index in [0.717, 1.165) is 26.3 Å². The maximum Gasteiger partial charge on any atom is 0.173 e. The summed E-state index contributed by atoms with van der Waals surface area (Å²) in [7, 11) is -3.03. The van der Waals surface area contributed by atoms with Crippen molar-refractivity contribution in [3.63, 3.8) is 0 Å². The SMILES string of the molecule is C=C[C@H]1[C@@H]([NH+]2CCOCC2)C(C)(C)S1(=O)=O. The minimum Gasteiger partial charge on any atom is -0.370 e. The van der Waals surface area contributed by atoms with Crippen LogP contribution in [0.25, 0.3) is 0 Å². The molecule has 2 aliphatic rings. The van der Waals surface area contributed by atoms with E-state index in [1.165, 1.54) is 4.90 Å². The van der Waals surface area contributed by atoms with Gasteiger partial charge in [0, 0.05) is 0 Å². The summed E-state index contributed by atoms with van der Waals surface area (Å²) in [5, 5.41) is -0.379. The van der Waals surface area contributed by atoms with E-state index < -0.39 is 14.6 Å². The molecule has 0 amide bonds. The number of morpholine rings is 1. The van der Waals surface area contributed by atoms with Crippen molar-refractivity contribution >= 4 is 9.84 Å². The summed E-state index contributed by atoms with van der Waals surface area (Å²) in [4.78, 5) is 1.34. The van der Waals surface area contributed by atoms with Gasteiger partial charge in [-0.05, 0) is 13.8 Å². The highest BCUT2D eigenvalue weighted by atomic mass is 32.2. The van der Waals surface area contributed by atoms with E-state index in [2.05, 4.69) is 6.58 Å². The van der Waals surface area contributed by atoms with Crippen LogP contribution in [0, 0.1) is 0 Å². The van der Waals surface area contributed by atoms with Crippen LogP contribution in [0.1, 0.15) is 13.8 Å². The Morgan fingerprint density at radius 3 is 2.44 bits per heavy atom. The van der Waals surface area contributed by atoms with Crippen molar-refractivity contribution in [1.29, 1.82) is 0 Å². The molecule has 2 aliphatic heterocycles. The van der Waals surface area contributed by atoms with Gasteiger partial charge in [-0.1, -0.05) is 6.08 Å². The summed E-state index contributed by atoms with van der Waals surface area (Å²) in [5.41, 5.74) is 0. The Morgan fingerprint density at radius 2 is 1.94 bits per heavy atom. The largest absolute Gasteiger partial charge is 0.370 e. The monoisotopic (exact) mass is 246 g/mol. The molecule has 16 heavy (non-hydrogen) atoms. The summed E-state index contributed by atoms with van der Waals surface area (Å²) >= 11 is 0. The maximum atomic E-state index is 12.0. The van der Waals surface area contributed by atoms with Crippen molar-refractivity contribution < 1.29 is 18.1 Å². The fraction of sp³-hybridized carbons (Fsp3) is 0.818. The van der Waals surface area contributed by atoms with Crippen molar-refractivity contribution in [1.82, 2.24) is 0 Å². The Kier molecular flexibility index (Phi) is 2.88. The van der Waals surface area contributed by atoms with Crippen molar-refractivity contribution in [2.75, 3.05) is 26.3 Å². The average molecular weight is 246 g/mol. The highest BCUT2D eigenvalue weighted by Gasteiger charge is 2.65. The van der Waals surface area contributed by atoms with Crippen molar-refractivity contribution in [2.45, 2.75) is 29.9 Å². The minimum atomic E-state index is -3.03. The summed E-state index contributed by atoms with van der Waals surface area (Å²) in [5.74, 6) is 0. The second-order valence-corrected chi connectivity index (χ2v) is 7.78. The predicted molar refractivity (Wildman–Crippen MR) is 62.3 cm³/mol. The molecule has 2 saturated heterocycles. The van der Waals surface area contributed by atoms with Gasteiger partial charge in [-0.2, -0.15) is 0 Å². The third kappa shape index (κ3) is 1.45. The molecule has 1 N–H and O–H groups in total. The molecule has 4 nitrogen and oxygen atoms in total. The van der Waals surface area contributed by atoms with Gasteiger partial charge in [-0.15, -0.1) is 6.58 Å². The summed E-state index contributed by atoms with van der Waals surface area (Å²) in [6, 6.07) is 0.138. The van der Waals surface area contributed by atoms with E-state index in [4.69, 9.17) is 4.74 Å². The van der Waals surface area contributed by atoms with Gasteiger partial charge in [0.05, 0.1) is 13.2 Å². The predicted octanol–water partition coefficient (Wildman–Crippen LogP) is -0.968. The molecule has 2 fully saturated rings. The molecule has 0 saturated carbocycles. The zero-order valence-corrected chi connectivity index (χ0v) is 10.7. The normalized spacial score (nSPS) is 37.6. The van der Waals surface area contributed by atoms with Crippen LogP contribution in [-0.4, -0.2) is 50.8 Å². The third-order valence-corrected chi connectivity index (χ3v) is 6.88. The fourth-order valence-corrected chi connectivity index (χ4v) is 5.25. The lowest BCUT2D eigenvalue weighted by molar-refractivity contribution is -0.935. The molecule has 0 radical (unpaired) electrons. The molecule has 5 heteroatoms. The van der Waals surface area contributed by atoms with E-state index in [0.29, 0.717) is 0 Å². The highest BCUT2D eigenvalue weighted by molar-refractivity contribution is 7.95. The van der Waals surface area contributed by atoms with Crippen LogP contribution >= 0.6 is 0 Å². The van der Waals surface area contributed by atoms with Gasteiger partial charge in [0.2, 0.25) is 0 Å². The van der Waals surface area contributed by atoms with Gasteiger partial charge in [0.15, 0.2) is 9.84 Å². The topological polar surface area (TPSA) is 47.8 Å². The van der Waals surface area contributed by atoms with Crippen LogP contribution in [0.15, 0.2) is 12.7 Å². The average Bonchev–Trinajstić information content (AvgIpc) is 2.25. The second-order valence-electron chi connectivity index (χ2n) is 5.10. The van der Waals surface area contributed by atoms with Crippen LogP contribution in [0.3, 0.4) is 0 Å². The first-order chi connectivity index (χ1) is 7.43. The standard InChI is InChI=1S/C11H19NO3S/c1-4-9-10(11(2,3)16(9,13)14)12-5-7-15-8-6-12/h4,9-10H,1,5-8H2,2-3H3/p+1/t9-,10+/m0/s1. The maximum absolute atomic E-state index is 12.0. The Hall–Kier alpha value is -0.390. The smallest absolute Gasteiger partial charge is 0.173 e. The molecule has 2 atom stereocenters. The van der Waals surface area contributed by atoms with Crippen LogP contribution in [0.2, 0.25) is 0 Å². The molecule has 0 unspecified atom stereocenters. The van der Waals surface area contributed by atoms with E-state index in [-0.39, 0.29) is 11.3 Å². The van der Waals surface area contributed by atoms with E-state index in [1.807, 2.05) is 13.8 Å². The van der Waals surface area contributed by atoms with E-state index in [1.54, 1.807) is 6.08 Å². The zero-order valence-electron chi connectivity index (χ0n) is 9.90. The molecule has 0 aromatic rings.